The van der Waals surface area contributed by atoms with Crippen molar-refractivity contribution in [3.8, 4) is 0 Å². The van der Waals surface area contributed by atoms with E-state index in [0.717, 1.165) is 0 Å². The summed E-state index contributed by atoms with van der Waals surface area (Å²) in [5.41, 5.74) is 1.72. The van der Waals surface area contributed by atoms with Gasteiger partial charge in [-0.15, -0.1) is 0 Å². The molecule has 5 nitrogen and oxygen atoms in total. The normalized spacial score (nSPS) is 10.5. The van der Waals surface area contributed by atoms with Gasteiger partial charge >= 0.3 is 0 Å². The SMILES string of the molecule is Cc1cnc(CNc2cccc(Cl)c2F)c(C)c1[N+](=O)[O-]. The van der Waals surface area contributed by atoms with Crippen LogP contribution in [0, 0.1) is 29.8 Å². The Morgan fingerprint density at radius 2 is 2.14 bits per heavy atom. The highest BCUT2D eigenvalue weighted by molar-refractivity contribution is 6.31. The largest absolute Gasteiger partial charge is 0.377 e. The first-order valence-electron chi connectivity index (χ1n) is 6.19. The molecule has 0 fully saturated rings. The smallest absolute Gasteiger partial charge is 0.278 e. The molecule has 1 aromatic heterocycles. The van der Waals surface area contributed by atoms with E-state index in [-0.39, 0.29) is 22.9 Å². The minimum Gasteiger partial charge on any atom is -0.377 e. The second-order valence-corrected chi connectivity index (χ2v) is 4.98. The molecule has 1 N–H and O–H groups in total. The fraction of sp³-hybridized carbons (Fsp3) is 0.214. The summed E-state index contributed by atoms with van der Waals surface area (Å²) >= 11 is 5.69. The van der Waals surface area contributed by atoms with E-state index in [0.29, 0.717) is 16.8 Å². The number of halogens is 2. The summed E-state index contributed by atoms with van der Waals surface area (Å²) in [5, 5.41) is 13.9. The number of nitrogens with zero attached hydrogens (tertiary/aromatic N) is 2. The van der Waals surface area contributed by atoms with Crippen LogP contribution in [0.4, 0.5) is 15.8 Å². The van der Waals surface area contributed by atoms with Crippen molar-refractivity contribution in [2.45, 2.75) is 20.4 Å². The van der Waals surface area contributed by atoms with E-state index in [2.05, 4.69) is 10.3 Å². The van der Waals surface area contributed by atoms with Gasteiger partial charge < -0.3 is 5.32 Å². The van der Waals surface area contributed by atoms with Gasteiger partial charge in [-0.3, -0.25) is 15.1 Å². The van der Waals surface area contributed by atoms with Gasteiger partial charge in [-0.1, -0.05) is 17.7 Å². The number of aromatic nitrogens is 1. The van der Waals surface area contributed by atoms with Crippen LogP contribution in [0.15, 0.2) is 24.4 Å². The van der Waals surface area contributed by atoms with Gasteiger partial charge in [0, 0.05) is 11.8 Å². The lowest BCUT2D eigenvalue weighted by atomic mass is 10.1. The van der Waals surface area contributed by atoms with E-state index in [1.54, 1.807) is 26.0 Å². The average molecular weight is 310 g/mol. The van der Waals surface area contributed by atoms with E-state index in [4.69, 9.17) is 11.6 Å². The van der Waals surface area contributed by atoms with Crippen LogP contribution in [0.1, 0.15) is 16.8 Å². The molecule has 0 bridgehead atoms. The van der Waals surface area contributed by atoms with Crippen molar-refractivity contribution >= 4 is 23.0 Å². The molecule has 1 aromatic carbocycles. The molecule has 110 valence electrons. The standard InChI is InChI=1S/C14H13ClFN3O2/c1-8-6-17-12(9(2)14(8)19(20)21)7-18-11-5-3-4-10(15)13(11)16/h3-6,18H,7H2,1-2H3. The number of hydrogen-bond donors (Lipinski definition) is 1. The molecule has 1 heterocycles. The molecule has 0 atom stereocenters. The molecule has 0 aliphatic carbocycles. The molecule has 7 heteroatoms. The molecule has 0 radical (unpaired) electrons. The third kappa shape index (κ3) is 3.11. The van der Waals surface area contributed by atoms with Crippen LogP contribution in [0.5, 0.6) is 0 Å². The van der Waals surface area contributed by atoms with Gasteiger partial charge in [-0.2, -0.15) is 0 Å². The third-order valence-electron chi connectivity index (χ3n) is 3.16. The Kier molecular flexibility index (Phi) is 4.37. The Balaban J connectivity index is 2.27. The molecular formula is C14H13ClFN3O2. The molecule has 2 aromatic rings. The van der Waals surface area contributed by atoms with Crippen molar-refractivity contribution in [1.29, 1.82) is 0 Å². The zero-order valence-corrected chi connectivity index (χ0v) is 12.2. The zero-order chi connectivity index (χ0) is 15.6. The van der Waals surface area contributed by atoms with E-state index in [1.807, 2.05) is 0 Å². The Labute approximate surface area is 125 Å². The second-order valence-electron chi connectivity index (χ2n) is 4.57. The zero-order valence-electron chi connectivity index (χ0n) is 11.5. The van der Waals surface area contributed by atoms with Crippen molar-refractivity contribution in [3.05, 3.63) is 62.2 Å². The van der Waals surface area contributed by atoms with E-state index >= 15 is 0 Å². The quantitative estimate of drug-likeness (QED) is 0.684. The molecule has 2 rings (SSSR count). The third-order valence-corrected chi connectivity index (χ3v) is 3.45. The molecule has 0 saturated carbocycles. The van der Waals surface area contributed by atoms with Crippen molar-refractivity contribution < 1.29 is 9.31 Å². The van der Waals surface area contributed by atoms with E-state index in [1.165, 1.54) is 12.3 Å². The summed E-state index contributed by atoms with van der Waals surface area (Å²) in [6.07, 6.45) is 1.44. The maximum absolute atomic E-state index is 13.8. The number of nitro groups is 1. The number of benzene rings is 1. The van der Waals surface area contributed by atoms with Crippen LogP contribution in [0.25, 0.3) is 0 Å². The highest BCUT2D eigenvalue weighted by Crippen LogP contribution is 2.26. The van der Waals surface area contributed by atoms with Crippen LogP contribution in [-0.4, -0.2) is 9.91 Å². The van der Waals surface area contributed by atoms with E-state index < -0.39 is 10.7 Å². The van der Waals surface area contributed by atoms with Crippen LogP contribution >= 0.6 is 11.6 Å². The fourth-order valence-corrected chi connectivity index (χ4v) is 2.22. The molecule has 0 amide bonds. The summed E-state index contributed by atoms with van der Waals surface area (Å²) in [7, 11) is 0. The van der Waals surface area contributed by atoms with Gasteiger partial charge in [0.25, 0.3) is 5.69 Å². The lowest BCUT2D eigenvalue weighted by Gasteiger charge is -2.10. The lowest BCUT2D eigenvalue weighted by molar-refractivity contribution is -0.386. The number of rotatable bonds is 4. The van der Waals surface area contributed by atoms with Gasteiger partial charge in [0.05, 0.1) is 33.4 Å². The second kappa shape index (κ2) is 6.05. The predicted molar refractivity (Wildman–Crippen MR) is 79.1 cm³/mol. The Hall–Kier alpha value is -2.21. The summed E-state index contributed by atoms with van der Waals surface area (Å²) in [6.45, 7) is 3.43. The summed E-state index contributed by atoms with van der Waals surface area (Å²) in [6, 6.07) is 4.60. The molecule has 0 saturated heterocycles. The van der Waals surface area contributed by atoms with Crippen LogP contribution in [0.2, 0.25) is 5.02 Å². The van der Waals surface area contributed by atoms with Gasteiger partial charge in [0.15, 0.2) is 5.82 Å². The number of anilines is 1. The maximum Gasteiger partial charge on any atom is 0.278 e. The van der Waals surface area contributed by atoms with E-state index in [9.17, 15) is 14.5 Å². The van der Waals surface area contributed by atoms with Crippen LogP contribution < -0.4 is 5.32 Å². The minimum absolute atomic E-state index is 0.0135. The Morgan fingerprint density at radius 1 is 1.43 bits per heavy atom. The fourth-order valence-electron chi connectivity index (χ4n) is 2.04. The topological polar surface area (TPSA) is 68.1 Å². The molecule has 0 aliphatic heterocycles. The average Bonchev–Trinajstić information content (AvgIpc) is 2.42. The van der Waals surface area contributed by atoms with Gasteiger partial charge in [-0.25, -0.2) is 4.39 Å². The number of aryl methyl sites for hydroxylation is 1. The Morgan fingerprint density at radius 3 is 2.81 bits per heavy atom. The van der Waals surface area contributed by atoms with Crippen LogP contribution in [0.3, 0.4) is 0 Å². The summed E-state index contributed by atoms with van der Waals surface area (Å²) in [4.78, 5) is 14.8. The molecule has 0 unspecified atom stereocenters. The monoisotopic (exact) mass is 309 g/mol. The Bertz CT molecular complexity index is 707. The molecule has 21 heavy (non-hydrogen) atoms. The van der Waals surface area contributed by atoms with Gasteiger partial charge in [0.2, 0.25) is 0 Å². The minimum atomic E-state index is -0.557. The van der Waals surface area contributed by atoms with Crippen molar-refractivity contribution in [2.75, 3.05) is 5.32 Å². The lowest BCUT2D eigenvalue weighted by Crippen LogP contribution is -2.08. The first kappa shape index (κ1) is 15.2. The first-order valence-corrected chi connectivity index (χ1v) is 6.57. The predicted octanol–water partition coefficient (Wildman–Crippen LogP) is 4.01. The molecule has 0 spiro atoms. The highest BCUT2D eigenvalue weighted by atomic mass is 35.5. The molecule has 0 aliphatic rings. The first-order chi connectivity index (χ1) is 9.91. The number of pyridine rings is 1. The number of hydrogen-bond acceptors (Lipinski definition) is 4. The highest BCUT2D eigenvalue weighted by Gasteiger charge is 2.18. The van der Waals surface area contributed by atoms with Crippen LogP contribution in [-0.2, 0) is 6.54 Å². The van der Waals surface area contributed by atoms with Crippen molar-refractivity contribution in [3.63, 3.8) is 0 Å². The summed E-state index contributed by atoms with van der Waals surface area (Å²) in [5.74, 6) is -0.557. The maximum atomic E-state index is 13.8. The number of nitrogens with one attached hydrogen (secondary N) is 1. The van der Waals surface area contributed by atoms with Gasteiger partial charge in [-0.05, 0) is 26.0 Å². The van der Waals surface area contributed by atoms with Crippen molar-refractivity contribution in [2.24, 2.45) is 0 Å². The van der Waals surface area contributed by atoms with Gasteiger partial charge in [0.1, 0.15) is 0 Å². The summed E-state index contributed by atoms with van der Waals surface area (Å²) < 4.78 is 13.8. The molecular weight excluding hydrogens is 297 g/mol. The van der Waals surface area contributed by atoms with Crippen molar-refractivity contribution in [1.82, 2.24) is 4.98 Å².